The highest BCUT2D eigenvalue weighted by molar-refractivity contribution is 9.10. The average molecular weight is 452 g/mol. The van der Waals surface area contributed by atoms with E-state index in [2.05, 4.69) is 27.3 Å². The van der Waals surface area contributed by atoms with Gasteiger partial charge in [0.25, 0.3) is 0 Å². The molecular formula is C22H30BrNO4. The second-order valence-corrected chi connectivity index (χ2v) is 7.46. The third-order valence-electron chi connectivity index (χ3n) is 4.13. The zero-order valence-corrected chi connectivity index (χ0v) is 18.9. The number of ether oxygens (including phenoxy) is 4. The lowest BCUT2D eigenvalue weighted by atomic mass is 10.1. The molecule has 6 heteroatoms. The van der Waals surface area contributed by atoms with E-state index in [0.717, 1.165) is 52.5 Å². The van der Waals surface area contributed by atoms with E-state index < -0.39 is 0 Å². The first-order valence-corrected chi connectivity index (χ1v) is 10.3. The van der Waals surface area contributed by atoms with Gasteiger partial charge in [-0.2, -0.15) is 0 Å². The van der Waals surface area contributed by atoms with Crippen LogP contribution < -0.4 is 24.3 Å². The molecule has 0 atom stereocenters. The van der Waals surface area contributed by atoms with Gasteiger partial charge in [0.1, 0.15) is 0 Å². The summed E-state index contributed by atoms with van der Waals surface area (Å²) in [5.41, 5.74) is 2.33. The summed E-state index contributed by atoms with van der Waals surface area (Å²) in [7, 11) is 3.30. The van der Waals surface area contributed by atoms with Crippen molar-refractivity contribution in [3.63, 3.8) is 0 Å². The largest absolute Gasteiger partial charge is 0.493 e. The first-order valence-electron chi connectivity index (χ1n) is 9.52. The van der Waals surface area contributed by atoms with Gasteiger partial charge in [0.15, 0.2) is 23.0 Å². The zero-order valence-electron chi connectivity index (χ0n) is 17.3. The van der Waals surface area contributed by atoms with Crippen LogP contribution in [0.3, 0.4) is 0 Å². The van der Waals surface area contributed by atoms with Gasteiger partial charge < -0.3 is 24.3 Å². The summed E-state index contributed by atoms with van der Waals surface area (Å²) >= 11 is 3.65. The lowest BCUT2D eigenvalue weighted by Crippen LogP contribution is -2.17. The third-order valence-corrected chi connectivity index (χ3v) is 4.87. The van der Waals surface area contributed by atoms with E-state index in [4.69, 9.17) is 18.9 Å². The molecule has 0 aliphatic carbocycles. The number of rotatable bonds is 11. The number of methoxy groups -OCH3 is 2. The van der Waals surface area contributed by atoms with Crippen molar-refractivity contribution in [1.82, 2.24) is 5.32 Å². The molecule has 0 saturated heterocycles. The first kappa shape index (κ1) is 22.4. The fraction of sp³-hybridized carbons (Fsp3) is 0.455. The maximum absolute atomic E-state index is 5.86. The fourth-order valence-electron chi connectivity index (χ4n) is 2.82. The Bertz CT molecular complexity index is 764. The van der Waals surface area contributed by atoms with Crippen LogP contribution in [0.25, 0.3) is 0 Å². The van der Waals surface area contributed by atoms with Crippen molar-refractivity contribution in [1.29, 1.82) is 0 Å². The van der Waals surface area contributed by atoms with Crippen LogP contribution in [0.5, 0.6) is 23.0 Å². The van der Waals surface area contributed by atoms with Crippen LogP contribution in [-0.4, -0.2) is 33.5 Å². The van der Waals surface area contributed by atoms with Crippen LogP contribution in [-0.2, 0) is 13.0 Å². The van der Waals surface area contributed by atoms with Crippen molar-refractivity contribution in [3.8, 4) is 23.0 Å². The maximum atomic E-state index is 5.86. The van der Waals surface area contributed by atoms with Crippen LogP contribution >= 0.6 is 15.9 Å². The molecule has 0 aliphatic rings. The van der Waals surface area contributed by atoms with Crippen LogP contribution in [0.15, 0.2) is 34.8 Å². The molecule has 1 N–H and O–H groups in total. The van der Waals surface area contributed by atoms with Gasteiger partial charge in [0, 0.05) is 11.0 Å². The van der Waals surface area contributed by atoms with Gasteiger partial charge in [-0.25, -0.2) is 0 Å². The second kappa shape index (κ2) is 11.2. The molecule has 0 heterocycles. The SMILES string of the molecule is CCOc1cc(CNCCc2ccc(OC)c(OC)c2)c(Br)cc1OC(C)C. The molecule has 0 saturated carbocycles. The predicted molar refractivity (Wildman–Crippen MR) is 116 cm³/mol. The van der Waals surface area contributed by atoms with E-state index in [9.17, 15) is 0 Å². The Morgan fingerprint density at radius 1 is 0.964 bits per heavy atom. The normalized spacial score (nSPS) is 10.8. The third kappa shape index (κ3) is 6.31. The van der Waals surface area contributed by atoms with E-state index in [1.54, 1.807) is 14.2 Å². The summed E-state index contributed by atoms with van der Waals surface area (Å²) < 4.78 is 23.3. The summed E-state index contributed by atoms with van der Waals surface area (Å²) in [5, 5.41) is 3.49. The lowest BCUT2D eigenvalue weighted by Gasteiger charge is -2.17. The molecule has 0 fully saturated rings. The number of nitrogens with one attached hydrogen (secondary N) is 1. The van der Waals surface area contributed by atoms with Crippen molar-refractivity contribution in [2.75, 3.05) is 27.4 Å². The molecule has 0 bridgehead atoms. The minimum Gasteiger partial charge on any atom is -0.493 e. The van der Waals surface area contributed by atoms with E-state index >= 15 is 0 Å². The monoisotopic (exact) mass is 451 g/mol. The van der Waals surface area contributed by atoms with Gasteiger partial charge in [-0.3, -0.25) is 0 Å². The van der Waals surface area contributed by atoms with Crippen molar-refractivity contribution in [2.24, 2.45) is 0 Å². The molecule has 2 aromatic carbocycles. The number of benzene rings is 2. The van der Waals surface area contributed by atoms with Crippen LogP contribution in [0, 0.1) is 0 Å². The number of hydrogen-bond donors (Lipinski definition) is 1. The fourth-order valence-corrected chi connectivity index (χ4v) is 3.28. The summed E-state index contributed by atoms with van der Waals surface area (Å²) in [6.07, 6.45) is 0.988. The molecule has 0 spiro atoms. The van der Waals surface area contributed by atoms with Gasteiger partial charge in [-0.05, 0) is 69.1 Å². The summed E-state index contributed by atoms with van der Waals surface area (Å²) in [6.45, 7) is 8.16. The van der Waals surface area contributed by atoms with E-state index in [0.29, 0.717) is 6.61 Å². The minimum atomic E-state index is 0.0940. The number of halogens is 1. The van der Waals surface area contributed by atoms with Crippen LogP contribution in [0.4, 0.5) is 0 Å². The van der Waals surface area contributed by atoms with E-state index in [-0.39, 0.29) is 6.10 Å². The van der Waals surface area contributed by atoms with E-state index in [1.165, 1.54) is 5.56 Å². The molecule has 5 nitrogen and oxygen atoms in total. The lowest BCUT2D eigenvalue weighted by molar-refractivity contribution is 0.223. The van der Waals surface area contributed by atoms with Crippen LogP contribution in [0.2, 0.25) is 0 Å². The Morgan fingerprint density at radius 3 is 2.36 bits per heavy atom. The molecule has 2 aromatic rings. The molecule has 0 radical (unpaired) electrons. The summed E-state index contributed by atoms with van der Waals surface area (Å²) in [4.78, 5) is 0. The molecule has 2 rings (SSSR count). The second-order valence-electron chi connectivity index (χ2n) is 6.61. The highest BCUT2D eigenvalue weighted by Crippen LogP contribution is 2.34. The Hall–Kier alpha value is -1.92. The summed E-state index contributed by atoms with van der Waals surface area (Å²) in [6, 6.07) is 10.0. The van der Waals surface area contributed by atoms with Crippen molar-refractivity contribution >= 4 is 15.9 Å². The van der Waals surface area contributed by atoms with Gasteiger partial charge in [-0.1, -0.05) is 22.0 Å². The molecular weight excluding hydrogens is 422 g/mol. The zero-order chi connectivity index (χ0) is 20.5. The summed E-state index contributed by atoms with van der Waals surface area (Å²) in [5.74, 6) is 3.04. The van der Waals surface area contributed by atoms with Gasteiger partial charge in [0.2, 0.25) is 0 Å². The smallest absolute Gasteiger partial charge is 0.162 e. The quantitative estimate of drug-likeness (QED) is 0.487. The molecule has 0 amide bonds. The highest BCUT2D eigenvalue weighted by Gasteiger charge is 2.12. The first-order chi connectivity index (χ1) is 13.5. The Morgan fingerprint density at radius 2 is 1.71 bits per heavy atom. The van der Waals surface area contributed by atoms with Crippen LogP contribution in [0.1, 0.15) is 31.9 Å². The molecule has 0 aliphatic heterocycles. The van der Waals surface area contributed by atoms with Crippen molar-refractivity contribution in [3.05, 3.63) is 45.9 Å². The highest BCUT2D eigenvalue weighted by atomic mass is 79.9. The Labute approximate surface area is 176 Å². The topological polar surface area (TPSA) is 49.0 Å². The van der Waals surface area contributed by atoms with Crippen molar-refractivity contribution < 1.29 is 18.9 Å². The average Bonchev–Trinajstić information content (AvgIpc) is 2.67. The van der Waals surface area contributed by atoms with E-state index in [1.807, 2.05) is 45.0 Å². The molecule has 154 valence electrons. The standard InChI is InChI=1S/C22H30BrNO4/c1-6-27-21-12-17(18(23)13-22(21)28-15(2)3)14-24-10-9-16-7-8-19(25-4)20(11-16)26-5/h7-8,11-13,15,24H,6,9-10,14H2,1-5H3. The number of hydrogen-bond acceptors (Lipinski definition) is 5. The molecule has 28 heavy (non-hydrogen) atoms. The molecule has 0 unspecified atom stereocenters. The van der Waals surface area contributed by atoms with Gasteiger partial charge in [-0.15, -0.1) is 0 Å². The van der Waals surface area contributed by atoms with Gasteiger partial charge in [0.05, 0.1) is 26.9 Å². The molecule has 0 aromatic heterocycles. The maximum Gasteiger partial charge on any atom is 0.162 e. The minimum absolute atomic E-state index is 0.0940. The van der Waals surface area contributed by atoms with Gasteiger partial charge >= 0.3 is 0 Å². The Balaban J connectivity index is 1.97. The Kier molecular flexibility index (Phi) is 8.93. The van der Waals surface area contributed by atoms with Crippen molar-refractivity contribution in [2.45, 2.75) is 39.8 Å². The predicted octanol–water partition coefficient (Wildman–Crippen LogP) is 4.98.